The van der Waals surface area contributed by atoms with E-state index in [0.29, 0.717) is 0 Å². The van der Waals surface area contributed by atoms with Crippen molar-refractivity contribution in [2.45, 2.75) is 63.8 Å². The Hall–Kier alpha value is -1.60. The fourth-order valence-electron chi connectivity index (χ4n) is 3.04. The molecule has 0 unspecified atom stereocenters. The molecule has 3 atom stereocenters. The minimum Gasteiger partial charge on any atom is -0.394 e. The highest BCUT2D eigenvalue weighted by Gasteiger charge is 2.30. The van der Waals surface area contributed by atoms with Gasteiger partial charge in [-0.3, -0.25) is 4.79 Å². The van der Waals surface area contributed by atoms with Gasteiger partial charge in [0.1, 0.15) is 6.10 Å². The molecule has 3 N–H and O–H groups in total. The number of urea groups is 1. The van der Waals surface area contributed by atoms with Crippen molar-refractivity contribution in [3.05, 3.63) is 12.2 Å². The van der Waals surface area contributed by atoms with Crippen LogP contribution in [0, 0.1) is 0 Å². The number of ether oxygens (including phenoxy) is 1. The lowest BCUT2D eigenvalue weighted by molar-refractivity contribution is -0.136. The Bertz CT molecular complexity index is 461. The van der Waals surface area contributed by atoms with Gasteiger partial charge in [0.2, 0.25) is 5.91 Å². The van der Waals surface area contributed by atoms with Gasteiger partial charge in [0.05, 0.1) is 25.2 Å². The van der Waals surface area contributed by atoms with Crippen LogP contribution in [0.1, 0.15) is 39.5 Å². The van der Waals surface area contributed by atoms with Gasteiger partial charge >= 0.3 is 6.03 Å². The summed E-state index contributed by atoms with van der Waals surface area (Å²) in [4.78, 5) is 26.0. The number of aliphatic hydroxyl groups is 1. The first-order valence-electron chi connectivity index (χ1n) is 8.79. The zero-order chi connectivity index (χ0) is 17.5. The average Bonchev–Trinajstić information content (AvgIpc) is 2.56. The van der Waals surface area contributed by atoms with E-state index in [4.69, 9.17) is 4.74 Å². The smallest absolute Gasteiger partial charge is 0.315 e. The van der Waals surface area contributed by atoms with Crippen LogP contribution in [0.3, 0.4) is 0 Å². The Kier molecular flexibility index (Phi) is 7.05. The number of carbonyl (C=O) groups is 2. The van der Waals surface area contributed by atoms with Crippen molar-refractivity contribution in [2.24, 2.45) is 0 Å². The summed E-state index contributed by atoms with van der Waals surface area (Å²) < 4.78 is 5.79. The minimum atomic E-state index is -0.549. The predicted molar refractivity (Wildman–Crippen MR) is 90.5 cm³/mol. The molecule has 0 aromatic heterocycles. The lowest BCUT2D eigenvalue weighted by atomic mass is 10.0. The summed E-state index contributed by atoms with van der Waals surface area (Å²) in [6.07, 6.45) is 6.27. The minimum absolute atomic E-state index is 0.0287. The molecule has 1 saturated heterocycles. The highest BCUT2D eigenvalue weighted by atomic mass is 16.5. The molecular weight excluding hydrogens is 310 g/mol. The largest absolute Gasteiger partial charge is 0.394 e. The SMILES string of the molecule is CC(C)NC(=O)N[C@H]1C=C[C@H](CC(=O)N2CCCCC2)O[C@@H]1CO. The molecule has 7 nitrogen and oxygen atoms in total. The van der Waals surface area contributed by atoms with Crippen LogP contribution in [0.2, 0.25) is 0 Å². The molecule has 3 amide bonds. The average molecular weight is 339 g/mol. The summed E-state index contributed by atoms with van der Waals surface area (Å²) in [5.41, 5.74) is 0. The first kappa shape index (κ1) is 18.7. The van der Waals surface area contributed by atoms with Gasteiger partial charge in [0, 0.05) is 19.1 Å². The number of nitrogens with zero attached hydrogens (tertiary/aromatic N) is 1. The van der Waals surface area contributed by atoms with E-state index < -0.39 is 12.1 Å². The summed E-state index contributed by atoms with van der Waals surface area (Å²) in [6, 6.07) is -0.680. The first-order valence-corrected chi connectivity index (χ1v) is 8.79. The quantitative estimate of drug-likeness (QED) is 0.646. The molecule has 0 bridgehead atoms. The molecule has 2 rings (SSSR count). The Balaban J connectivity index is 1.87. The fourth-order valence-corrected chi connectivity index (χ4v) is 3.04. The van der Waals surface area contributed by atoms with Gasteiger partial charge in [-0.25, -0.2) is 4.79 Å². The molecule has 0 radical (unpaired) electrons. The van der Waals surface area contributed by atoms with Gasteiger partial charge < -0.3 is 25.4 Å². The Morgan fingerprint density at radius 1 is 1.25 bits per heavy atom. The number of rotatable bonds is 5. The maximum Gasteiger partial charge on any atom is 0.315 e. The van der Waals surface area contributed by atoms with Crippen LogP contribution in [0.4, 0.5) is 4.79 Å². The number of piperidine rings is 1. The van der Waals surface area contributed by atoms with Crippen LogP contribution in [-0.4, -0.2) is 65.9 Å². The molecule has 24 heavy (non-hydrogen) atoms. The third-order valence-electron chi connectivity index (χ3n) is 4.27. The summed E-state index contributed by atoms with van der Waals surface area (Å²) in [5, 5.41) is 15.0. The topological polar surface area (TPSA) is 90.9 Å². The lowest BCUT2D eigenvalue weighted by Crippen LogP contribution is -2.52. The van der Waals surface area contributed by atoms with Crippen LogP contribution in [0.5, 0.6) is 0 Å². The second kappa shape index (κ2) is 9.03. The number of hydrogen-bond acceptors (Lipinski definition) is 4. The molecule has 0 spiro atoms. The molecule has 0 aromatic rings. The Morgan fingerprint density at radius 2 is 1.96 bits per heavy atom. The van der Waals surface area contributed by atoms with Crippen LogP contribution in [0.25, 0.3) is 0 Å². The standard InChI is InChI=1S/C17H29N3O4/c1-12(2)18-17(23)19-14-7-6-13(24-15(14)11-21)10-16(22)20-8-4-3-5-9-20/h6-7,12-15,21H,3-5,8-11H2,1-2H3,(H2,18,19,23)/t13-,14+,15-/m1/s1. The van der Waals surface area contributed by atoms with Crippen molar-refractivity contribution >= 4 is 11.9 Å². The zero-order valence-corrected chi connectivity index (χ0v) is 14.5. The van der Waals surface area contributed by atoms with Crippen LogP contribution >= 0.6 is 0 Å². The molecule has 7 heteroatoms. The van der Waals surface area contributed by atoms with E-state index >= 15 is 0 Å². The van der Waals surface area contributed by atoms with Gasteiger partial charge in [-0.15, -0.1) is 0 Å². The molecule has 2 aliphatic heterocycles. The Morgan fingerprint density at radius 3 is 2.58 bits per heavy atom. The van der Waals surface area contributed by atoms with Crippen LogP contribution in [-0.2, 0) is 9.53 Å². The van der Waals surface area contributed by atoms with Crippen molar-refractivity contribution in [3.8, 4) is 0 Å². The fraction of sp³-hybridized carbons (Fsp3) is 0.765. The summed E-state index contributed by atoms with van der Waals surface area (Å²) in [7, 11) is 0. The van der Waals surface area contributed by atoms with Gasteiger partial charge in [-0.05, 0) is 33.1 Å². The number of amides is 3. The van der Waals surface area contributed by atoms with Gasteiger partial charge in [-0.2, -0.15) is 0 Å². The van der Waals surface area contributed by atoms with E-state index in [1.165, 1.54) is 6.42 Å². The third kappa shape index (κ3) is 5.49. The number of nitrogens with one attached hydrogen (secondary N) is 2. The van der Waals surface area contributed by atoms with E-state index in [0.717, 1.165) is 25.9 Å². The number of carbonyl (C=O) groups excluding carboxylic acids is 2. The van der Waals surface area contributed by atoms with E-state index in [9.17, 15) is 14.7 Å². The first-order chi connectivity index (χ1) is 11.5. The number of likely N-dealkylation sites (tertiary alicyclic amines) is 1. The van der Waals surface area contributed by atoms with Crippen LogP contribution in [0.15, 0.2) is 12.2 Å². The maximum atomic E-state index is 12.3. The number of hydrogen-bond donors (Lipinski definition) is 3. The van der Waals surface area contributed by atoms with E-state index in [2.05, 4.69) is 10.6 Å². The van der Waals surface area contributed by atoms with E-state index in [-0.39, 0.29) is 37.1 Å². The predicted octanol–water partition coefficient (Wildman–Crippen LogP) is 0.781. The highest BCUT2D eigenvalue weighted by Crippen LogP contribution is 2.18. The van der Waals surface area contributed by atoms with Gasteiger partial charge in [-0.1, -0.05) is 12.2 Å². The summed E-state index contributed by atoms with van der Waals surface area (Å²) >= 11 is 0. The molecule has 0 aromatic carbocycles. The normalized spacial score (nSPS) is 27.2. The Labute approximate surface area is 143 Å². The number of aliphatic hydroxyl groups excluding tert-OH is 1. The zero-order valence-electron chi connectivity index (χ0n) is 14.5. The molecular formula is C17H29N3O4. The highest BCUT2D eigenvalue weighted by molar-refractivity contribution is 5.77. The van der Waals surface area contributed by atoms with Crippen LogP contribution < -0.4 is 10.6 Å². The second-order valence-corrected chi connectivity index (χ2v) is 6.72. The summed E-state index contributed by atoms with van der Waals surface area (Å²) in [6.45, 7) is 5.17. The van der Waals surface area contributed by atoms with Crippen molar-refractivity contribution in [1.82, 2.24) is 15.5 Å². The third-order valence-corrected chi connectivity index (χ3v) is 4.27. The van der Waals surface area contributed by atoms with Gasteiger partial charge in [0.25, 0.3) is 0 Å². The molecule has 136 valence electrons. The molecule has 0 aliphatic carbocycles. The molecule has 2 heterocycles. The van der Waals surface area contributed by atoms with Gasteiger partial charge in [0.15, 0.2) is 0 Å². The molecule has 2 aliphatic rings. The second-order valence-electron chi connectivity index (χ2n) is 6.72. The molecule has 1 fully saturated rings. The van der Waals surface area contributed by atoms with Crippen molar-refractivity contribution in [1.29, 1.82) is 0 Å². The monoisotopic (exact) mass is 339 g/mol. The van der Waals surface area contributed by atoms with Crippen molar-refractivity contribution in [2.75, 3.05) is 19.7 Å². The molecule has 0 saturated carbocycles. The van der Waals surface area contributed by atoms with Crippen molar-refractivity contribution < 1.29 is 19.4 Å². The van der Waals surface area contributed by atoms with E-state index in [1.54, 1.807) is 12.2 Å². The maximum absolute atomic E-state index is 12.3. The summed E-state index contributed by atoms with van der Waals surface area (Å²) in [5.74, 6) is 0.0880. The lowest BCUT2D eigenvalue weighted by Gasteiger charge is -2.33. The van der Waals surface area contributed by atoms with Crippen molar-refractivity contribution in [3.63, 3.8) is 0 Å². The van der Waals surface area contributed by atoms with E-state index in [1.807, 2.05) is 18.7 Å².